The Bertz CT molecular complexity index is 629. The van der Waals surface area contributed by atoms with Crippen LogP contribution in [0.25, 0.3) is 0 Å². The highest BCUT2D eigenvalue weighted by atomic mass is 16.4. The molecule has 0 spiro atoms. The molecule has 0 saturated carbocycles. The lowest BCUT2D eigenvalue weighted by atomic mass is 9.98. The molecule has 1 unspecified atom stereocenters. The van der Waals surface area contributed by atoms with E-state index < -0.39 is 0 Å². The van der Waals surface area contributed by atoms with Crippen LogP contribution in [0.4, 0.5) is 5.95 Å². The van der Waals surface area contributed by atoms with Crippen LogP contribution in [0.3, 0.4) is 0 Å². The lowest BCUT2D eigenvalue weighted by molar-refractivity contribution is 0.316. The number of aromatic nitrogens is 3. The van der Waals surface area contributed by atoms with Crippen LogP contribution in [-0.2, 0) is 0 Å². The molecule has 0 radical (unpaired) electrons. The molecule has 6 nitrogen and oxygen atoms in total. The van der Waals surface area contributed by atoms with Gasteiger partial charge in [-0.3, -0.25) is 0 Å². The minimum atomic E-state index is -0.286. The molecule has 0 bridgehead atoms. The van der Waals surface area contributed by atoms with E-state index in [-0.39, 0.29) is 6.04 Å². The van der Waals surface area contributed by atoms with Crippen molar-refractivity contribution in [3.05, 3.63) is 42.2 Å². The van der Waals surface area contributed by atoms with Gasteiger partial charge in [0, 0.05) is 0 Å². The summed E-state index contributed by atoms with van der Waals surface area (Å²) in [7, 11) is 0. The van der Waals surface area contributed by atoms with Gasteiger partial charge in [-0.15, -0.1) is 0 Å². The predicted molar refractivity (Wildman–Crippen MR) is 66.6 cm³/mol. The molecular formula is C12H11N5O. The Morgan fingerprint density at radius 1 is 1.28 bits per heavy atom. The van der Waals surface area contributed by atoms with Gasteiger partial charge in [0.25, 0.3) is 0 Å². The van der Waals surface area contributed by atoms with Gasteiger partial charge in [-0.1, -0.05) is 35.5 Å². The number of aliphatic imine (C=N–C) groups is 1. The molecule has 3 rings (SSSR count). The third-order valence-corrected chi connectivity index (χ3v) is 2.92. The summed E-state index contributed by atoms with van der Waals surface area (Å²) < 4.78 is 1.65. The molecule has 18 heavy (non-hydrogen) atoms. The van der Waals surface area contributed by atoms with Gasteiger partial charge >= 0.3 is 0 Å². The molecule has 1 atom stereocenters. The van der Waals surface area contributed by atoms with Gasteiger partial charge in [-0.25, -0.2) is 9.67 Å². The summed E-state index contributed by atoms with van der Waals surface area (Å²) in [5.74, 6) is 0.522. The molecule has 6 heteroatoms. The molecule has 1 aliphatic heterocycles. The van der Waals surface area contributed by atoms with Crippen molar-refractivity contribution in [2.24, 2.45) is 10.1 Å². The van der Waals surface area contributed by atoms with Crippen LogP contribution in [0.2, 0.25) is 0 Å². The van der Waals surface area contributed by atoms with Crippen LogP contribution >= 0.6 is 0 Å². The number of oxime groups is 1. The van der Waals surface area contributed by atoms with E-state index in [0.717, 1.165) is 5.56 Å². The molecule has 1 aliphatic rings. The van der Waals surface area contributed by atoms with Crippen LogP contribution < -0.4 is 0 Å². The molecule has 1 aromatic heterocycles. The fourth-order valence-corrected chi connectivity index (χ4v) is 2.09. The summed E-state index contributed by atoms with van der Waals surface area (Å²) in [6, 6.07) is 9.43. The Morgan fingerprint density at radius 2 is 2.06 bits per heavy atom. The Morgan fingerprint density at radius 3 is 2.78 bits per heavy atom. The molecule has 1 N–H and O–H groups in total. The van der Waals surface area contributed by atoms with Crippen LogP contribution in [-0.4, -0.2) is 31.4 Å². The molecule has 0 fully saturated rings. The van der Waals surface area contributed by atoms with Crippen LogP contribution in [0.5, 0.6) is 0 Å². The van der Waals surface area contributed by atoms with Crippen molar-refractivity contribution in [1.82, 2.24) is 14.8 Å². The lowest BCUT2D eigenvalue weighted by Crippen LogP contribution is -2.30. The first-order chi connectivity index (χ1) is 8.81. The fourth-order valence-electron chi connectivity index (χ4n) is 2.09. The maximum atomic E-state index is 9.20. The minimum absolute atomic E-state index is 0.286. The summed E-state index contributed by atoms with van der Waals surface area (Å²) >= 11 is 0. The summed E-state index contributed by atoms with van der Waals surface area (Å²) in [5, 5.41) is 16.7. The maximum absolute atomic E-state index is 9.20. The average Bonchev–Trinajstić information content (AvgIpc) is 2.85. The third-order valence-electron chi connectivity index (χ3n) is 2.92. The average molecular weight is 241 g/mol. The van der Waals surface area contributed by atoms with Crippen molar-refractivity contribution in [3.63, 3.8) is 0 Å². The van der Waals surface area contributed by atoms with Crippen LogP contribution in [0.1, 0.15) is 18.5 Å². The summed E-state index contributed by atoms with van der Waals surface area (Å²) in [6.45, 7) is 1.79. The van der Waals surface area contributed by atoms with Gasteiger partial charge in [0.2, 0.25) is 5.95 Å². The number of hydrogen-bond donors (Lipinski definition) is 1. The smallest absolute Gasteiger partial charge is 0.249 e. The fraction of sp³-hybridized carbons (Fsp3) is 0.167. The van der Waals surface area contributed by atoms with Gasteiger partial charge in [-0.05, 0) is 12.5 Å². The second-order valence-electron chi connectivity index (χ2n) is 4.00. The first-order valence-electron chi connectivity index (χ1n) is 5.53. The summed E-state index contributed by atoms with van der Waals surface area (Å²) in [4.78, 5) is 8.33. The second kappa shape index (κ2) is 4.06. The van der Waals surface area contributed by atoms with E-state index in [4.69, 9.17) is 0 Å². The Hall–Kier alpha value is -2.50. The quantitative estimate of drug-likeness (QED) is 0.611. The molecule has 1 aromatic carbocycles. The van der Waals surface area contributed by atoms with Crippen molar-refractivity contribution in [2.45, 2.75) is 13.0 Å². The molecular weight excluding hydrogens is 230 g/mol. The van der Waals surface area contributed by atoms with Gasteiger partial charge < -0.3 is 5.21 Å². The second-order valence-corrected chi connectivity index (χ2v) is 4.00. The predicted octanol–water partition coefficient (Wildman–Crippen LogP) is 1.80. The number of hydrogen-bond acceptors (Lipinski definition) is 5. The van der Waals surface area contributed by atoms with Gasteiger partial charge in [0.15, 0.2) is 0 Å². The highest BCUT2D eigenvalue weighted by Crippen LogP contribution is 2.28. The van der Waals surface area contributed by atoms with Crippen molar-refractivity contribution in [3.8, 4) is 0 Å². The molecule has 2 heterocycles. The number of fused-ring (bicyclic) bond motifs is 1. The summed E-state index contributed by atoms with van der Waals surface area (Å²) in [5.41, 5.74) is 2.11. The van der Waals surface area contributed by atoms with Gasteiger partial charge in [0.1, 0.15) is 18.1 Å². The molecule has 0 saturated heterocycles. The largest absolute Gasteiger partial charge is 0.411 e. The summed E-state index contributed by atoms with van der Waals surface area (Å²) in [6.07, 6.45) is 1.45. The van der Waals surface area contributed by atoms with Crippen molar-refractivity contribution < 1.29 is 5.21 Å². The lowest BCUT2D eigenvalue weighted by Gasteiger charge is -2.23. The standard InChI is InChI=1S/C12H11N5O/c1-8-10(16-18)11(9-5-3-2-4-6-9)17-12(15-8)13-7-14-17/h2-7,11,18H,1H3/b16-10-. The molecule has 90 valence electrons. The number of nitrogens with zero attached hydrogens (tertiary/aromatic N) is 5. The molecule has 0 amide bonds. The number of rotatable bonds is 1. The van der Waals surface area contributed by atoms with Crippen molar-refractivity contribution >= 4 is 17.4 Å². The van der Waals surface area contributed by atoms with E-state index in [1.807, 2.05) is 30.3 Å². The van der Waals surface area contributed by atoms with Gasteiger partial charge in [0.05, 0.1) is 5.71 Å². The zero-order valence-electron chi connectivity index (χ0n) is 9.72. The first kappa shape index (κ1) is 10.6. The van der Waals surface area contributed by atoms with E-state index in [9.17, 15) is 5.21 Å². The zero-order valence-corrected chi connectivity index (χ0v) is 9.72. The normalized spacial score (nSPS) is 20.6. The van der Waals surface area contributed by atoms with E-state index in [0.29, 0.717) is 17.4 Å². The topological polar surface area (TPSA) is 75.7 Å². The molecule has 0 aliphatic carbocycles. The maximum Gasteiger partial charge on any atom is 0.249 e. The Balaban J connectivity index is 2.21. The van der Waals surface area contributed by atoms with Crippen molar-refractivity contribution in [2.75, 3.05) is 0 Å². The third kappa shape index (κ3) is 1.50. The van der Waals surface area contributed by atoms with E-state index in [1.165, 1.54) is 6.33 Å². The zero-order chi connectivity index (χ0) is 12.5. The number of benzene rings is 1. The first-order valence-corrected chi connectivity index (χ1v) is 5.53. The van der Waals surface area contributed by atoms with Crippen molar-refractivity contribution in [1.29, 1.82) is 0 Å². The highest BCUT2D eigenvalue weighted by molar-refractivity contribution is 6.44. The minimum Gasteiger partial charge on any atom is -0.411 e. The Kier molecular flexibility index (Phi) is 2.40. The van der Waals surface area contributed by atoms with Gasteiger partial charge in [-0.2, -0.15) is 10.1 Å². The monoisotopic (exact) mass is 241 g/mol. The van der Waals surface area contributed by atoms with Crippen LogP contribution in [0, 0.1) is 0 Å². The van der Waals surface area contributed by atoms with Crippen LogP contribution in [0.15, 0.2) is 46.8 Å². The van der Waals surface area contributed by atoms with E-state index in [1.54, 1.807) is 11.6 Å². The highest BCUT2D eigenvalue weighted by Gasteiger charge is 2.30. The SMILES string of the molecule is CC1=Nc2ncnn2C(c2ccccc2)/C1=N\O. The van der Waals surface area contributed by atoms with E-state index in [2.05, 4.69) is 20.2 Å². The molecule has 2 aromatic rings. The van der Waals surface area contributed by atoms with E-state index >= 15 is 0 Å². The Labute approximate surface area is 103 Å².